The normalized spacial score (nSPS) is 20.9. The van der Waals surface area contributed by atoms with Gasteiger partial charge in [0.05, 0.1) is 19.8 Å². The molecular weight excluding hydrogens is 672 g/mol. The summed E-state index contributed by atoms with van der Waals surface area (Å²) in [7, 11) is 0. The molecule has 6 atom stereocenters. The van der Waals surface area contributed by atoms with Gasteiger partial charge in [-0.1, -0.05) is 194 Å². The molecule has 1 fully saturated rings. The van der Waals surface area contributed by atoms with Crippen LogP contribution in [0.1, 0.15) is 213 Å². The molecule has 1 aliphatic rings. The molecule has 0 aromatic carbocycles. The molecule has 0 aromatic heterocycles. The first-order chi connectivity index (χ1) is 25.9. The molecule has 0 aromatic rings. The van der Waals surface area contributed by atoms with Gasteiger partial charge in [-0.05, 0) is 12.8 Å². The monoisotopic (exact) mass is 759 g/mol. The Hall–Kier alpha value is -0.810. The Bertz CT molecular complexity index is 782. The zero-order chi connectivity index (χ0) is 38.6. The van der Waals surface area contributed by atoms with Crippen molar-refractivity contribution >= 4 is 5.97 Å². The molecule has 4 N–H and O–H groups in total. The Labute approximate surface area is 325 Å². The number of ether oxygens (including phenoxy) is 4. The van der Waals surface area contributed by atoms with Crippen LogP contribution in [0.15, 0.2) is 0 Å². The first-order valence-corrected chi connectivity index (χ1v) is 22.6. The summed E-state index contributed by atoms with van der Waals surface area (Å²) < 4.78 is 22.8. The van der Waals surface area contributed by atoms with Crippen LogP contribution >= 0.6 is 0 Å². The van der Waals surface area contributed by atoms with Crippen molar-refractivity contribution in [3.05, 3.63) is 0 Å². The van der Waals surface area contributed by atoms with Gasteiger partial charge in [-0.15, -0.1) is 0 Å². The van der Waals surface area contributed by atoms with E-state index in [0.717, 1.165) is 32.1 Å². The number of hydrogen-bond donors (Lipinski definition) is 4. The first kappa shape index (κ1) is 50.2. The fourth-order valence-electron chi connectivity index (χ4n) is 7.20. The fraction of sp³-hybridized carbons (Fsp3) is 0.977. The molecule has 1 rings (SSSR count). The smallest absolute Gasteiger partial charge is 0.306 e. The lowest BCUT2D eigenvalue weighted by Gasteiger charge is -2.39. The summed E-state index contributed by atoms with van der Waals surface area (Å²) in [6, 6.07) is 0. The van der Waals surface area contributed by atoms with Crippen molar-refractivity contribution in [2.24, 2.45) is 0 Å². The minimum Gasteiger partial charge on any atom is -0.457 e. The van der Waals surface area contributed by atoms with Crippen molar-refractivity contribution in [2.45, 2.75) is 250 Å². The van der Waals surface area contributed by atoms with Gasteiger partial charge < -0.3 is 39.4 Å². The van der Waals surface area contributed by atoms with Crippen LogP contribution < -0.4 is 0 Å². The highest BCUT2D eigenvalue weighted by molar-refractivity contribution is 5.69. The molecule has 9 heteroatoms. The fourth-order valence-corrected chi connectivity index (χ4v) is 7.20. The molecule has 1 aliphatic heterocycles. The Morgan fingerprint density at radius 1 is 0.528 bits per heavy atom. The molecule has 1 saturated heterocycles. The highest BCUT2D eigenvalue weighted by Gasteiger charge is 2.44. The molecule has 1 heterocycles. The van der Waals surface area contributed by atoms with Gasteiger partial charge in [0.2, 0.25) is 0 Å². The lowest BCUT2D eigenvalue weighted by molar-refractivity contribution is -0.305. The minimum absolute atomic E-state index is 0.106. The molecule has 6 unspecified atom stereocenters. The van der Waals surface area contributed by atoms with Crippen LogP contribution in [0.5, 0.6) is 0 Å². The Morgan fingerprint density at radius 2 is 0.925 bits per heavy atom. The third-order valence-electron chi connectivity index (χ3n) is 10.8. The standard InChI is InChI=1S/C44H86O9/c1-3-5-7-9-11-13-14-15-16-17-18-19-20-21-22-23-24-26-28-30-32-34-50-36-38(37-51-44-43(49)42(48)41(47)39(35-45)53-44)52-40(46)33-31-29-27-25-12-10-8-6-4-2/h38-39,41-45,47-49H,3-37H2,1-2H3. The predicted molar refractivity (Wildman–Crippen MR) is 215 cm³/mol. The average Bonchev–Trinajstić information content (AvgIpc) is 3.16. The number of esters is 1. The highest BCUT2D eigenvalue weighted by atomic mass is 16.7. The maximum atomic E-state index is 12.7. The average molecular weight is 759 g/mol. The van der Waals surface area contributed by atoms with Gasteiger partial charge in [-0.25, -0.2) is 0 Å². The van der Waals surface area contributed by atoms with Crippen molar-refractivity contribution in [2.75, 3.05) is 26.4 Å². The summed E-state index contributed by atoms with van der Waals surface area (Å²) in [4.78, 5) is 12.7. The predicted octanol–water partition coefficient (Wildman–Crippen LogP) is 9.86. The number of aliphatic hydroxyl groups excluding tert-OH is 4. The maximum Gasteiger partial charge on any atom is 0.306 e. The Kier molecular flexibility index (Phi) is 34.9. The van der Waals surface area contributed by atoms with Crippen LogP contribution in [-0.4, -0.2) is 89.6 Å². The Balaban J connectivity index is 2.16. The van der Waals surface area contributed by atoms with Gasteiger partial charge in [0.25, 0.3) is 0 Å². The Morgan fingerprint density at radius 3 is 1.34 bits per heavy atom. The van der Waals surface area contributed by atoms with Gasteiger partial charge in [0.15, 0.2) is 6.29 Å². The van der Waals surface area contributed by atoms with Gasteiger partial charge in [-0.3, -0.25) is 4.79 Å². The maximum absolute atomic E-state index is 12.7. The van der Waals surface area contributed by atoms with Crippen molar-refractivity contribution in [1.29, 1.82) is 0 Å². The van der Waals surface area contributed by atoms with Gasteiger partial charge in [0, 0.05) is 13.0 Å². The van der Waals surface area contributed by atoms with Crippen LogP contribution in [0, 0.1) is 0 Å². The van der Waals surface area contributed by atoms with E-state index >= 15 is 0 Å². The van der Waals surface area contributed by atoms with E-state index < -0.39 is 43.4 Å². The zero-order valence-electron chi connectivity index (χ0n) is 34.5. The molecule has 9 nitrogen and oxygen atoms in total. The summed E-state index contributed by atoms with van der Waals surface area (Å²) in [5, 5.41) is 40.0. The molecule has 0 radical (unpaired) electrons. The first-order valence-electron chi connectivity index (χ1n) is 22.6. The SMILES string of the molecule is CCCCCCCCCCCCCCCCCCCCCCCOCC(COC1OC(CO)C(O)C(O)C1O)OC(=O)CCCCCCCCCCC. The zero-order valence-corrected chi connectivity index (χ0v) is 34.5. The van der Waals surface area contributed by atoms with Crippen LogP contribution in [0.2, 0.25) is 0 Å². The molecule has 0 bridgehead atoms. The van der Waals surface area contributed by atoms with E-state index in [9.17, 15) is 25.2 Å². The van der Waals surface area contributed by atoms with Crippen LogP contribution in [0.4, 0.5) is 0 Å². The quantitative estimate of drug-likeness (QED) is 0.0357. The van der Waals surface area contributed by atoms with Crippen molar-refractivity contribution in [3.63, 3.8) is 0 Å². The molecule has 0 spiro atoms. The second kappa shape index (κ2) is 36.8. The second-order valence-electron chi connectivity index (χ2n) is 15.9. The van der Waals surface area contributed by atoms with Crippen LogP contribution in [0.3, 0.4) is 0 Å². The topological polar surface area (TPSA) is 135 Å². The lowest BCUT2D eigenvalue weighted by Crippen LogP contribution is -2.59. The number of aliphatic hydroxyl groups is 4. The number of unbranched alkanes of at least 4 members (excludes halogenated alkanes) is 28. The number of rotatable bonds is 39. The van der Waals surface area contributed by atoms with E-state index in [0.29, 0.717) is 13.0 Å². The summed E-state index contributed by atoms with van der Waals surface area (Å²) >= 11 is 0. The molecule has 0 aliphatic carbocycles. The van der Waals surface area contributed by atoms with Gasteiger partial charge >= 0.3 is 5.97 Å². The molecule has 316 valence electrons. The molecule has 0 amide bonds. The van der Waals surface area contributed by atoms with Crippen LogP contribution in [-0.2, 0) is 23.7 Å². The highest BCUT2D eigenvalue weighted by Crippen LogP contribution is 2.23. The second-order valence-corrected chi connectivity index (χ2v) is 15.9. The van der Waals surface area contributed by atoms with E-state index in [-0.39, 0.29) is 19.2 Å². The summed E-state index contributed by atoms with van der Waals surface area (Å²) in [5.41, 5.74) is 0. The number of hydrogen-bond acceptors (Lipinski definition) is 9. The lowest BCUT2D eigenvalue weighted by atomic mass is 9.99. The summed E-state index contributed by atoms with van der Waals surface area (Å²) in [6.07, 6.45) is 31.5. The number of carbonyl (C=O) groups is 1. The molecular formula is C44H86O9. The van der Waals surface area contributed by atoms with E-state index in [1.807, 2.05) is 0 Å². The van der Waals surface area contributed by atoms with Crippen molar-refractivity contribution < 1.29 is 44.2 Å². The largest absolute Gasteiger partial charge is 0.457 e. The van der Waals surface area contributed by atoms with E-state index in [1.54, 1.807) is 0 Å². The van der Waals surface area contributed by atoms with Crippen molar-refractivity contribution in [1.82, 2.24) is 0 Å². The van der Waals surface area contributed by atoms with E-state index in [2.05, 4.69) is 13.8 Å². The van der Waals surface area contributed by atoms with Crippen LogP contribution in [0.25, 0.3) is 0 Å². The summed E-state index contributed by atoms with van der Waals surface area (Å²) in [6.45, 7) is 4.58. The van der Waals surface area contributed by atoms with E-state index in [4.69, 9.17) is 18.9 Å². The molecule has 53 heavy (non-hydrogen) atoms. The van der Waals surface area contributed by atoms with Crippen molar-refractivity contribution in [3.8, 4) is 0 Å². The minimum atomic E-state index is -1.53. The number of carbonyl (C=O) groups excluding carboxylic acids is 1. The third-order valence-corrected chi connectivity index (χ3v) is 10.8. The van der Waals surface area contributed by atoms with E-state index in [1.165, 1.54) is 161 Å². The van der Waals surface area contributed by atoms with Gasteiger partial charge in [-0.2, -0.15) is 0 Å². The molecule has 0 saturated carbocycles. The van der Waals surface area contributed by atoms with Gasteiger partial charge in [0.1, 0.15) is 30.5 Å². The third kappa shape index (κ3) is 28.3. The summed E-state index contributed by atoms with van der Waals surface area (Å²) in [5.74, 6) is -0.312.